The second-order valence-electron chi connectivity index (χ2n) is 7.84. The van der Waals surface area contributed by atoms with Gasteiger partial charge in [-0.05, 0) is 37.5 Å². The Labute approximate surface area is 162 Å². The standard InChI is InChI=1S/C18H29ClN4O2Si/c1-13(7-10-25-26(5,6)18(2,3)4)23-15-11-16(19)22-12-14(15)17(24)21-9-8-20/h11-13H,7,9-10H2,1-6H3,(H,21,24)(H,22,23)/t13-/m0/s1. The molecule has 0 aliphatic heterocycles. The van der Waals surface area contributed by atoms with Crippen molar-refractivity contribution < 1.29 is 9.22 Å². The summed E-state index contributed by atoms with van der Waals surface area (Å²) in [6.07, 6.45) is 2.21. The predicted molar refractivity (Wildman–Crippen MR) is 108 cm³/mol. The van der Waals surface area contributed by atoms with Gasteiger partial charge < -0.3 is 15.1 Å². The third-order valence-electron chi connectivity index (χ3n) is 4.67. The van der Waals surface area contributed by atoms with Crippen molar-refractivity contribution in [2.75, 3.05) is 18.5 Å². The van der Waals surface area contributed by atoms with Crippen LogP contribution in [0.15, 0.2) is 12.3 Å². The first-order valence-electron chi connectivity index (χ1n) is 8.69. The SMILES string of the molecule is C[C@@H](CCO[Si](C)(C)C(C)(C)C)Nc1cc(Cl)ncc1C(=O)NCC#N. The fourth-order valence-electron chi connectivity index (χ4n) is 1.99. The van der Waals surface area contributed by atoms with E-state index < -0.39 is 8.32 Å². The molecule has 1 atom stereocenters. The largest absolute Gasteiger partial charge is 0.417 e. The maximum absolute atomic E-state index is 12.2. The van der Waals surface area contributed by atoms with Gasteiger partial charge >= 0.3 is 0 Å². The molecule has 144 valence electrons. The Morgan fingerprint density at radius 2 is 2.12 bits per heavy atom. The van der Waals surface area contributed by atoms with E-state index in [9.17, 15) is 4.79 Å². The van der Waals surface area contributed by atoms with Crippen molar-refractivity contribution in [2.45, 2.75) is 58.3 Å². The quantitative estimate of drug-likeness (QED) is 0.390. The van der Waals surface area contributed by atoms with Crippen LogP contribution < -0.4 is 10.6 Å². The molecule has 0 fully saturated rings. The fraction of sp³-hybridized carbons (Fsp3) is 0.611. The molecule has 0 aliphatic carbocycles. The molecule has 0 saturated heterocycles. The van der Waals surface area contributed by atoms with E-state index in [2.05, 4.69) is 49.5 Å². The number of nitrogens with one attached hydrogen (secondary N) is 2. The minimum atomic E-state index is -1.77. The average molecular weight is 397 g/mol. The zero-order valence-corrected chi connectivity index (χ0v) is 18.2. The van der Waals surface area contributed by atoms with Crippen molar-refractivity contribution in [1.29, 1.82) is 5.26 Å². The molecule has 8 heteroatoms. The number of anilines is 1. The Morgan fingerprint density at radius 3 is 2.69 bits per heavy atom. The molecule has 1 amide bonds. The third kappa shape index (κ3) is 6.59. The third-order valence-corrected chi connectivity index (χ3v) is 9.41. The topological polar surface area (TPSA) is 87.0 Å². The van der Waals surface area contributed by atoms with E-state index in [4.69, 9.17) is 21.3 Å². The van der Waals surface area contributed by atoms with E-state index >= 15 is 0 Å². The van der Waals surface area contributed by atoms with E-state index in [1.165, 1.54) is 6.20 Å². The summed E-state index contributed by atoms with van der Waals surface area (Å²) in [5, 5.41) is 14.9. The Hall–Kier alpha value is -1.62. The first kappa shape index (κ1) is 22.4. The van der Waals surface area contributed by atoms with Gasteiger partial charge in [0.05, 0.1) is 17.3 Å². The zero-order valence-electron chi connectivity index (χ0n) is 16.4. The molecule has 0 aromatic carbocycles. The number of carbonyl (C=O) groups is 1. The highest BCUT2D eigenvalue weighted by molar-refractivity contribution is 6.74. The van der Waals surface area contributed by atoms with Crippen LogP contribution in [0.1, 0.15) is 44.5 Å². The van der Waals surface area contributed by atoms with E-state index in [-0.39, 0.29) is 23.5 Å². The van der Waals surface area contributed by atoms with Gasteiger partial charge in [-0.1, -0.05) is 32.4 Å². The smallest absolute Gasteiger partial charge is 0.255 e. The van der Waals surface area contributed by atoms with Crippen LogP contribution in [0.25, 0.3) is 0 Å². The van der Waals surface area contributed by atoms with E-state index in [0.717, 1.165) is 6.42 Å². The molecule has 0 spiro atoms. The first-order chi connectivity index (χ1) is 12.0. The van der Waals surface area contributed by atoms with Gasteiger partial charge in [0, 0.05) is 18.8 Å². The summed E-state index contributed by atoms with van der Waals surface area (Å²) in [5.41, 5.74) is 0.960. The van der Waals surface area contributed by atoms with E-state index in [1.807, 2.05) is 13.0 Å². The molecule has 0 bridgehead atoms. The van der Waals surface area contributed by atoms with E-state index in [1.54, 1.807) is 6.07 Å². The lowest BCUT2D eigenvalue weighted by molar-refractivity contribution is 0.0959. The summed E-state index contributed by atoms with van der Waals surface area (Å²) < 4.78 is 6.20. The number of hydrogen-bond donors (Lipinski definition) is 2. The van der Waals surface area contributed by atoms with Crippen LogP contribution in [0.3, 0.4) is 0 Å². The van der Waals surface area contributed by atoms with Gasteiger partial charge in [0.1, 0.15) is 11.7 Å². The van der Waals surface area contributed by atoms with Gasteiger partial charge in [-0.15, -0.1) is 0 Å². The molecule has 2 N–H and O–H groups in total. The Kier molecular flexibility index (Phi) is 8.06. The predicted octanol–water partition coefficient (Wildman–Crippen LogP) is 4.20. The lowest BCUT2D eigenvalue weighted by Crippen LogP contribution is -2.41. The molecule has 1 aromatic rings. The van der Waals surface area contributed by atoms with Crippen molar-refractivity contribution in [3.8, 4) is 6.07 Å². The number of carbonyl (C=O) groups excluding carboxylic acids is 1. The van der Waals surface area contributed by atoms with Crippen LogP contribution in [-0.2, 0) is 4.43 Å². The van der Waals surface area contributed by atoms with Gasteiger partial charge in [0.2, 0.25) is 0 Å². The number of halogens is 1. The van der Waals surface area contributed by atoms with Crippen molar-refractivity contribution >= 4 is 31.5 Å². The summed E-state index contributed by atoms with van der Waals surface area (Å²) in [4.78, 5) is 16.1. The van der Waals surface area contributed by atoms with Crippen molar-refractivity contribution in [1.82, 2.24) is 10.3 Å². The van der Waals surface area contributed by atoms with Gasteiger partial charge in [-0.25, -0.2) is 4.98 Å². The van der Waals surface area contributed by atoms with Crippen molar-refractivity contribution in [2.24, 2.45) is 0 Å². The van der Waals surface area contributed by atoms with Crippen LogP contribution in [0.4, 0.5) is 5.69 Å². The van der Waals surface area contributed by atoms with Crippen LogP contribution in [0.5, 0.6) is 0 Å². The molecular formula is C18H29ClN4O2Si. The second-order valence-corrected chi connectivity index (χ2v) is 13.0. The first-order valence-corrected chi connectivity index (χ1v) is 12.0. The summed E-state index contributed by atoms with van der Waals surface area (Å²) in [6.45, 7) is 13.7. The summed E-state index contributed by atoms with van der Waals surface area (Å²) in [5.74, 6) is -0.358. The number of hydrogen-bond acceptors (Lipinski definition) is 5. The van der Waals surface area contributed by atoms with Gasteiger partial charge in [-0.2, -0.15) is 5.26 Å². The molecule has 1 aromatic heterocycles. The zero-order chi connectivity index (χ0) is 20.0. The molecule has 26 heavy (non-hydrogen) atoms. The van der Waals surface area contributed by atoms with E-state index in [0.29, 0.717) is 23.0 Å². The number of amides is 1. The minimum Gasteiger partial charge on any atom is -0.417 e. The average Bonchev–Trinajstić information content (AvgIpc) is 2.51. The number of pyridine rings is 1. The highest BCUT2D eigenvalue weighted by Gasteiger charge is 2.36. The van der Waals surface area contributed by atoms with Crippen molar-refractivity contribution in [3.63, 3.8) is 0 Å². The summed E-state index contributed by atoms with van der Waals surface area (Å²) in [6, 6.07) is 3.59. The number of aromatic nitrogens is 1. The summed E-state index contributed by atoms with van der Waals surface area (Å²) >= 11 is 5.97. The molecule has 0 saturated carbocycles. The Bertz CT molecular complexity index is 668. The van der Waals surface area contributed by atoms with Crippen molar-refractivity contribution in [3.05, 3.63) is 23.0 Å². The highest BCUT2D eigenvalue weighted by Crippen LogP contribution is 2.36. The highest BCUT2D eigenvalue weighted by atomic mass is 35.5. The molecule has 0 radical (unpaired) electrons. The lowest BCUT2D eigenvalue weighted by Gasteiger charge is -2.36. The maximum atomic E-state index is 12.2. The number of rotatable bonds is 8. The fourth-order valence-corrected chi connectivity index (χ4v) is 3.21. The molecule has 0 aliphatic rings. The normalized spacial score (nSPS) is 13.0. The van der Waals surface area contributed by atoms with Crippen LogP contribution in [0, 0.1) is 11.3 Å². The molecule has 0 unspecified atom stereocenters. The monoisotopic (exact) mass is 396 g/mol. The van der Waals surface area contributed by atoms with Gasteiger partial charge in [-0.3, -0.25) is 4.79 Å². The Morgan fingerprint density at radius 1 is 1.46 bits per heavy atom. The molecule has 1 heterocycles. The molecule has 1 rings (SSSR count). The molecular weight excluding hydrogens is 368 g/mol. The number of nitrogens with zero attached hydrogens (tertiary/aromatic N) is 2. The number of nitriles is 1. The minimum absolute atomic E-state index is 0.0587. The molecule has 6 nitrogen and oxygen atoms in total. The van der Waals surface area contributed by atoms with Crippen LogP contribution >= 0.6 is 11.6 Å². The lowest BCUT2D eigenvalue weighted by atomic mass is 10.1. The summed E-state index contributed by atoms with van der Waals surface area (Å²) in [7, 11) is -1.77. The maximum Gasteiger partial charge on any atom is 0.255 e. The van der Waals surface area contributed by atoms with Gasteiger partial charge in [0.15, 0.2) is 8.32 Å². The van der Waals surface area contributed by atoms with Gasteiger partial charge in [0.25, 0.3) is 5.91 Å². The van der Waals surface area contributed by atoms with Crippen LogP contribution in [0.2, 0.25) is 23.3 Å². The van der Waals surface area contributed by atoms with Crippen LogP contribution in [-0.4, -0.2) is 38.4 Å². The second kappa shape index (κ2) is 9.35. The Balaban J connectivity index is 2.72.